The maximum Gasteiger partial charge on any atom is 0.341 e. The molecule has 1 aliphatic heterocycles. The van der Waals surface area contributed by atoms with Crippen LogP contribution in [0.25, 0.3) is 0 Å². The van der Waals surface area contributed by atoms with E-state index in [2.05, 4.69) is 47.8 Å². The molecule has 5 heteroatoms. The molecule has 0 aromatic carbocycles. The van der Waals surface area contributed by atoms with E-state index in [0.29, 0.717) is 15.8 Å². The normalized spacial score (nSPS) is 23.3. The van der Waals surface area contributed by atoms with Crippen LogP contribution in [0.2, 0.25) is 0 Å². The van der Waals surface area contributed by atoms with Crippen LogP contribution in [0.5, 0.6) is 0 Å². The number of alkyl halides is 1. The standard InChI is InChI=1S/C7H5Br3O2/c1-3(9)5-6(10)4(2-8)12-7(5)11/h2-3H,1H3/b4-2+. The van der Waals surface area contributed by atoms with E-state index in [0.717, 1.165) is 0 Å². The van der Waals surface area contributed by atoms with Crippen molar-refractivity contribution in [1.29, 1.82) is 0 Å². The molecule has 1 unspecified atom stereocenters. The summed E-state index contributed by atoms with van der Waals surface area (Å²) in [6.45, 7) is 1.87. The molecule has 0 radical (unpaired) electrons. The zero-order valence-electron chi connectivity index (χ0n) is 6.11. The fourth-order valence-electron chi connectivity index (χ4n) is 0.829. The second kappa shape index (κ2) is 4.07. The molecule has 1 atom stereocenters. The van der Waals surface area contributed by atoms with E-state index in [1.54, 1.807) is 4.99 Å². The molecule has 1 aliphatic rings. The zero-order chi connectivity index (χ0) is 9.30. The van der Waals surface area contributed by atoms with Crippen molar-refractivity contribution in [2.24, 2.45) is 0 Å². The first kappa shape index (κ1) is 10.5. The zero-order valence-corrected chi connectivity index (χ0v) is 10.9. The number of rotatable bonds is 1. The summed E-state index contributed by atoms with van der Waals surface area (Å²) in [6.07, 6.45) is 0. The number of hydrogen-bond donors (Lipinski definition) is 0. The van der Waals surface area contributed by atoms with Crippen LogP contribution in [0.1, 0.15) is 6.92 Å². The van der Waals surface area contributed by atoms with Gasteiger partial charge in [0.2, 0.25) is 0 Å². The fourth-order valence-corrected chi connectivity index (χ4v) is 2.88. The van der Waals surface area contributed by atoms with Crippen LogP contribution in [-0.4, -0.2) is 10.8 Å². The van der Waals surface area contributed by atoms with Crippen molar-refractivity contribution >= 4 is 53.8 Å². The first-order valence-corrected chi connectivity index (χ1v) is 5.77. The first-order chi connectivity index (χ1) is 5.57. The summed E-state index contributed by atoms with van der Waals surface area (Å²) in [4.78, 5) is 12.8. The maximum absolute atomic E-state index is 11.2. The molecular weight excluding hydrogens is 356 g/mol. The molecule has 0 N–H and O–H groups in total. The van der Waals surface area contributed by atoms with E-state index in [-0.39, 0.29) is 10.8 Å². The summed E-state index contributed by atoms with van der Waals surface area (Å²) in [5.41, 5.74) is 0.612. The van der Waals surface area contributed by atoms with Gasteiger partial charge < -0.3 is 4.74 Å². The monoisotopic (exact) mass is 358 g/mol. The summed E-state index contributed by atoms with van der Waals surface area (Å²) in [5, 5.41) is 0. The number of carbonyl (C=O) groups is 1. The number of hydrogen-bond acceptors (Lipinski definition) is 2. The minimum Gasteiger partial charge on any atom is -0.421 e. The molecule has 0 aromatic heterocycles. The van der Waals surface area contributed by atoms with E-state index in [4.69, 9.17) is 4.74 Å². The molecule has 1 heterocycles. The Hall–Kier alpha value is 0.390. The lowest BCUT2D eigenvalue weighted by atomic mass is 10.2. The number of allylic oxidation sites excluding steroid dienone is 1. The molecule has 0 spiro atoms. The first-order valence-electron chi connectivity index (χ1n) is 3.14. The van der Waals surface area contributed by atoms with Crippen molar-refractivity contribution in [2.75, 3.05) is 0 Å². The topological polar surface area (TPSA) is 26.3 Å². The van der Waals surface area contributed by atoms with E-state index < -0.39 is 0 Å². The molecule has 66 valence electrons. The lowest BCUT2D eigenvalue weighted by Gasteiger charge is -1.98. The van der Waals surface area contributed by atoms with Crippen LogP contribution in [0.15, 0.2) is 20.8 Å². The van der Waals surface area contributed by atoms with Gasteiger partial charge in [-0.2, -0.15) is 0 Å². The molecular formula is C7H5Br3O2. The number of cyclic esters (lactones) is 1. The largest absolute Gasteiger partial charge is 0.421 e. The Morgan fingerprint density at radius 2 is 2.17 bits per heavy atom. The van der Waals surface area contributed by atoms with Gasteiger partial charge in [0.05, 0.1) is 10.1 Å². The second-order valence-corrected chi connectivity index (χ2v) is 4.83. The van der Waals surface area contributed by atoms with Gasteiger partial charge in [-0.05, 0) is 22.9 Å². The number of esters is 1. The average molecular weight is 361 g/mol. The van der Waals surface area contributed by atoms with Gasteiger partial charge in [-0.25, -0.2) is 4.79 Å². The van der Waals surface area contributed by atoms with Crippen LogP contribution in [-0.2, 0) is 9.53 Å². The van der Waals surface area contributed by atoms with Crippen molar-refractivity contribution in [3.63, 3.8) is 0 Å². The maximum atomic E-state index is 11.2. The second-order valence-electron chi connectivity index (χ2n) is 2.21. The van der Waals surface area contributed by atoms with Gasteiger partial charge >= 0.3 is 5.97 Å². The predicted molar refractivity (Wildman–Crippen MR) is 57.4 cm³/mol. The van der Waals surface area contributed by atoms with Gasteiger partial charge in [-0.1, -0.05) is 31.9 Å². The Morgan fingerprint density at radius 1 is 1.58 bits per heavy atom. The van der Waals surface area contributed by atoms with Crippen molar-refractivity contribution in [3.8, 4) is 0 Å². The number of ether oxygens (including phenoxy) is 1. The third-order valence-corrected chi connectivity index (χ3v) is 3.06. The van der Waals surface area contributed by atoms with Gasteiger partial charge in [-0.3, -0.25) is 0 Å². The molecule has 0 saturated heterocycles. The SMILES string of the molecule is CC(Br)C1=C(Br)/C(=C\Br)OC1=O. The highest BCUT2D eigenvalue weighted by molar-refractivity contribution is 9.12. The van der Waals surface area contributed by atoms with E-state index >= 15 is 0 Å². The third-order valence-electron chi connectivity index (χ3n) is 1.37. The van der Waals surface area contributed by atoms with Gasteiger partial charge in [0, 0.05) is 9.81 Å². The molecule has 2 nitrogen and oxygen atoms in total. The Balaban J connectivity index is 3.10. The van der Waals surface area contributed by atoms with Crippen molar-refractivity contribution < 1.29 is 9.53 Å². The van der Waals surface area contributed by atoms with Crippen molar-refractivity contribution in [1.82, 2.24) is 0 Å². The Kier molecular flexibility index (Phi) is 3.55. The summed E-state index contributed by atoms with van der Waals surface area (Å²) in [5.74, 6) is 0.207. The lowest BCUT2D eigenvalue weighted by Crippen LogP contribution is -2.06. The molecule has 0 amide bonds. The summed E-state index contributed by atoms with van der Waals surface area (Å²) >= 11 is 9.69. The van der Waals surface area contributed by atoms with Crippen LogP contribution in [0.4, 0.5) is 0 Å². The van der Waals surface area contributed by atoms with Crippen LogP contribution in [0, 0.1) is 0 Å². The Labute approximate surface area is 95.4 Å². The van der Waals surface area contributed by atoms with Gasteiger partial charge in [0.1, 0.15) is 0 Å². The van der Waals surface area contributed by atoms with Gasteiger partial charge in [0.15, 0.2) is 5.76 Å². The van der Waals surface area contributed by atoms with Crippen LogP contribution < -0.4 is 0 Å². The number of halogens is 3. The predicted octanol–water partition coefficient (Wildman–Crippen LogP) is 3.21. The molecule has 0 fully saturated rings. The smallest absolute Gasteiger partial charge is 0.341 e. The third kappa shape index (κ3) is 1.83. The van der Waals surface area contributed by atoms with Gasteiger partial charge in [-0.15, -0.1) is 0 Å². The van der Waals surface area contributed by atoms with Crippen molar-refractivity contribution in [3.05, 3.63) is 20.8 Å². The fraction of sp³-hybridized carbons (Fsp3) is 0.286. The molecule has 1 rings (SSSR count). The van der Waals surface area contributed by atoms with E-state index in [1.807, 2.05) is 6.92 Å². The summed E-state index contributed by atoms with van der Waals surface area (Å²) in [6, 6.07) is 0. The highest BCUT2D eigenvalue weighted by Crippen LogP contribution is 2.35. The molecule has 0 saturated carbocycles. The molecule has 0 bridgehead atoms. The number of carbonyl (C=O) groups excluding carboxylic acids is 1. The van der Waals surface area contributed by atoms with E-state index in [1.165, 1.54) is 0 Å². The summed E-state index contributed by atoms with van der Waals surface area (Å²) in [7, 11) is 0. The Bertz CT molecular complexity index is 278. The minimum atomic E-state index is -0.308. The highest BCUT2D eigenvalue weighted by atomic mass is 79.9. The Morgan fingerprint density at radius 3 is 2.42 bits per heavy atom. The summed E-state index contributed by atoms with van der Waals surface area (Å²) < 4.78 is 5.62. The van der Waals surface area contributed by atoms with Crippen LogP contribution in [0.3, 0.4) is 0 Å². The van der Waals surface area contributed by atoms with E-state index in [9.17, 15) is 4.79 Å². The van der Waals surface area contributed by atoms with Crippen molar-refractivity contribution in [2.45, 2.75) is 11.8 Å². The van der Waals surface area contributed by atoms with Gasteiger partial charge in [0.25, 0.3) is 0 Å². The molecule has 0 aliphatic carbocycles. The minimum absolute atomic E-state index is 0.00988. The van der Waals surface area contributed by atoms with Crippen LogP contribution >= 0.6 is 47.8 Å². The quantitative estimate of drug-likeness (QED) is 0.530. The average Bonchev–Trinajstić information content (AvgIpc) is 2.25. The lowest BCUT2D eigenvalue weighted by molar-refractivity contribution is -0.133. The molecule has 12 heavy (non-hydrogen) atoms. The molecule has 0 aromatic rings. The highest BCUT2D eigenvalue weighted by Gasteiger charge is 2.30.